The van der Waals surface area contributed by atoms with Gasteiger partial charge in [-0.1, -0.05) is 96.6 Å². The molecule has 5 nitrogen and oxygen atoms in total. The molecule has 2 unspecified atom stereocenters. The molecular weight excluding hydrogens is 536 g/mol. The summed E-state index contributed by atoms with van der Waals surface area (Å²) < 4.78 is 23.1. The molecule has 4 aromatic carbocycles. The molecule has 0 saturated carbocycles. The second-order valence-corrected chi connectivity index (χ2v) is 10.8. The van der Waals surface area contributed by atoms with Gasteiger partial charge in [0.15, 0.2) is 6.10 Å². The molecule has 4 aromatic rings. The summed E-state index contributed by atoms with van der Waals surface area (Å²) in [6, 6.07) is 31.5. The third-order valence-electron chi connectivity index (χ3n) is 7.81. The fourth-order valence-corrected chi connectivity index (χ4v) is 5.56. The Kier molecular flexibility index (Phi) is 10.4. The van der Waals surface area contributed by atoms with Crippen LogP contribution in [0.3, 0.4) is 0 Å². The topological polar surface area (TPSA) is 54.0 Å². The molecule has 5 rings (SSSR count). The lowest BCUT2D eigenvalue weighted by Crippen LogP contribution is -2.27. The van der Waals surface area contributed by atoms with Crippen molar-refractivity contribution in [2.75, 3.05) is 26.9 Å². The molecule has 43 heavy (non-hydrogen) atoms. The SMILES string of the molecule is CCOC(=O)C(Cc1ccc(OCCOC2c3ccc(C)cc3C=Cc3c(CCc4ccccc4)cccc32)cc1)OC. The van der Waals surface area contributed by atoms with Crippen molar-refractivity contribution in [3.8, 4) is 5.75 Å². The van der Waals surface area contributed by atoms with Crippen LogP contribution in [-0.2, 0) is 38.3 Å². The van der Waals surface area contributed by atoms with Crippen molar-refractivity contribution in [2.45, 2.75) is 45.3 Å². The Morgan fingerprint density at radius 2 is 1.63 bits per heavy atom. The summed E-state index contributed by atoms with van der Waals surface area (Å²) >= 11 is 0. The van der Waals surface area contributed by atoms with Crippen LogP contribution in [0.25, 0.3) is 12.2 Å². The number of ether oxygens (including phenoxy) is 4. The van der Waals surface area contributed by atoms with Gasteiger partial charge in [-0.3, -0.25) is 0 Å². The number of hydrogen-bond donors (Lipinski definition) is 0. The molecule has 0 aromatic heterocycles. The molecule has 1 aliphatic rings. The average molecular weight is 577 g/mol. The number of rotatable bonds is 13. The largest absolute Gasteiger partial charge is 0.491 e. The van der Waals surface area contributed by atoms with E-state index in [1.54, 1.807) is 6.92 Å². The molecule has 0 bridgehead atoms. The number of hydrogen-bond acceptors (Lipinski definition) is 5. The molecule has 222 valence electrons. The highest BCUT2D eigenvalue weighted by Gasteiger charge is 2.24. The Labute approximate surface area is 255 Å². The molecule has 0 radical (unpaired) electrons. The molecule has 0 N–H and O–H groups in total. The van der Waals surface area contributed by atoms with Crippen LogP contribution in [0.15, 0.2) is 91.0 Å². The van der Waals surface area contributed by atoms with E-state index >= 15 is 0 Å². The number of carbonyl (C=O) groups excluding carboxylic acids is 1. The number of carbonyl (C=O) groups is 1. The van der Waals surface area contributed by atoms with Crippen LogP contribution in [0.5, 0.6) is 5.75 Å². The third-order valence-corrected chi connectivity index (χ3v) is 7.81. The van der Waals surface area contributed by atoms with Gasteiger partial charge in [0, 0.05) is 13.5 Å². The van der Waals surface area contributed by atoms with Gasteiger partial charge in [-0.15, -0.1) is 0 Å². The summed E-state index contributed by atoms with van der Waals surface area (Å²) in [5.41, 5.74) is 9.64. The first-order valence-corrected chi connectivity index (χ1v) is 15.0. The lowest BCUT2D eigenvalue weighted by atomic mass is 9.91. The number of methoxy groups -OCH3 is 1. The van der Waals surface area contributed by atoms with Crippen molar-refractivity contribution in [1.82, 2.24) is 0 Å². The molecule has 0 spiro atoms. The van der Waals surface area contributed by atoms with Crippen LogP contribution in [0.2, 0.25) is 0 Å². The summed E-state index contributed by atoms with van der Waals surface area (Å²) in [6.45, 7) is 5.09. The van der Waals surface area contributed by atoms with Crippen molar-refractivity contribution < 1.29 is 23.7 Å². The highest BCUT2D eigenvalue weighted by molar-refractivity contribution is 5.78. The standard InChI is InChI=1S/C38H40O5/c1-4-41-38(39)36(40-3)26-29-15-19-32(20-16-29)42-23-24-43-37-34-21-13-27(2)25-31(34)18-22-33-30(11-8-12-35(33)37)17-14-28-9-6-5-7-10-28/h5-13,15-16,18-22,25,36-37H,4,14,17,23-24,26H2,1-3H3. The molecule has 0 saturated heterocycles. The molecule has 1 aliphatic carbocycles. The predicted octanol–water partition coefficient (Wildman–Crippen LogP) is 7.57. The smallest absolute Gasteiger partial charge is 0.335 e. The maximum absolute atomic E-state index is 12.1. The van der Waals surface area contributed by atoms with Crippen LogP contribution in [0.4, 0.5) is 0 Å². The van der Waals surface area contributed by atoms with Crippen molar-refractivity contribution in [3.05, 3.63) is 136 Å². The van der Waals surface area contributed by atoms with Crippen molar-refractivity contribution in [2.24, 2.45) is 0 Å². The first-order chi connectivity index (χ1) is 21.1. The van der Waals surface area contributed by atoms with E-state index in [9.17, 15) is 4.79 Å². The Bertz CT molecular complexity index is 1520. The predicted molar refractivity (Wildman–Crippen MR) is 171 cm³/mol. The van der Waals surface area contributed by atoms with E-state index in [0.29, 0.717) is 26.2 Å². The summed E-state index contributed by atoms with van der Waals surface area (Å²) in [5.74, 6) is 0.400. The fourth-order valence-electron chi connectivity index (χ4n) is 5.56. The summed E-state index contributed by atoms with van der Waals surface area (Å²) in [7, 11) is 1.52. The van der Waals surface area contributed by atoms with E-state index in [4.69, 9.17) is 18.9 Å². The van der Waals surface area contributed by atoms with Gasteiger partial charge in [-0.2, -0.15) is 0 Å². The number of aryl methyl sites for hydroxylation is 3. The number of esters is 1. The molecule has 2 atom stereocenters. The molecule has 0 amide bonds. The van der Waals surface area contributed by atoms with Crippen LogP contribution in [0.1, 0.15) is 57.5 Å². The minimum Gasteiger partial charge on any atom is -0.491 e. The maximum atomic E-state index is 12.1. The Morgan fingerprint density at radius 1 is 0.814 bits per heavy atom. The highest BCUT2D eigenvalue weighted by Crippen LogP contribution is 2.37. The van der Waals surface area contributed by atoms with Crippen molar-refractivity contribution in [1.29, 1.82) is 0 Å². The molecule has 0 heterocycles. The van der Waals surface area contributed by atoms with E-state index in [2.05, 4.69) is 85.8 Å². The van der Waals surface area contributed by atoms with Gasteiger partial charge in [0.05, 0.1) is 13.2 Å². The fraction of sp³-hybridized carbons (Fsp3) is 0.289. The minimum atomic E-state index is -0.623. The average Bonchev–Trinajstić information content (AvgIpc) is 3.18. The Balaban J connectivity index is 1.26. The van der Waals surface area contributed by atoms with Gasteiger partial charge >= 0.3 is 5.97 Å². The number of benzene rings is 4. The maximum Gasteiger partial charge on any atom is 0.335 e. The van der Waals surface area contributed by atoms with Crippen LogP contribution in [-0.4, -0.2) is 39.0 Å². The highest BCUT2D eigenvalue weighted by atomic mass is 16.6. The normalized spacial score (nSPS) is 14.3. The molecule has 0 fully saturated rings. The zero-order chi connectivity index (χ0) is 30.0. The van der Waals surface area contributed by atoms with E-state index in [1.165, 1.54) is 46.1 Å². The summed E-state index contributed by atoms with van der Waals surface area (Å²) in [4.78, 5) is 12.1. The Hall–Kier alpha value is -4.19. The van der Waals surface area contributed by atoms with Crippen LogP contribution >= 0.6 is 0 Å². The van der Waals surface area contributed by atoms with Crippen LogP contribution in [0, 0.1) is 6.92 Å². The molecular formula is C38H40O5. The zero-order valence-electron chi connectivity index (χ0n) is 25.3. The monoisotopic (exact) mass is 576 g/mol. The molecule has 0 aliphatic heterocycles. The van der Waals surface area contributed by atoms with Gasteiger partial charge in [-0.05, 0) is 77.8 Å². The third kappa shape index (κ3) is 7.81. The van der Waals surface area contributed by atoms with E-state index in [-0.39, 0.29) is 12.1 Å². The molecule has 5 heteroatoms. The second kappa shape index (κ2) is 14.8. The summed E-state index contributed by atoms with van der Waals surface area (Å²) in [5, 5.41) is 0. The lowest BCUT2D eigenvalue weighted by Gasteiger charge is -2.23. The first-order valence-electron chi connectivity index (χ1n) is 15.0. The van der Waals surface area contributed by atoms with Gasteiger partial charge in [0.25, 0.3) is 0 Å². The van der Waals surface area contributed by atoms with Crippen LogP contribution < -0.4 is 4.74 Å². The van der Waals surface area contributed by atoms with E-state index < -0.39 is 6.10 Å². The van der Waals surface area contributed by atoms with Crippen molar-refractivity contribution >= 4 is 18.1 Å². The van der Waals surface area contributed by atoms with Gasteiger partial charge in [0.2, 0.25) is 0 Å². The van der Waals surface area contributed by atoms with Crippen molar-refractivity contribution in [3.63, 3.8) is 0 Å². The number of fused-ring (bicyclic) bond motifs is 2. The zero-order valence-corrected chi connectivity index (χ0v) is 25.3. The minimum absolute atomic E-state index is 0.197. The van der Waals surface area contributed by atoms with E-state index in [1.807, 2.05) is 24.3 Å². The second-order valence-electron chi connectivity index (χ2n) is 10.8. The van der Waals surface area contributed by atoms with Gasteiger partial charge < -0.3 is 18.9 Å². The quantitative estimate of drug-likeness (QED) is 0.121. The van der Waals surface area contributed by atoms with Gasteiger partial charge in [0.1, 0.15) is 18.5 Å². The summed E-state index contributed by atoms with van der Waals surface area (Å²) in [6.07, 6.45) is 6.06. The first kappa shape index (κ1) is 30.3. The van der Waals surface area contributed by atoms with Gasteiger partial charge in [-0.25, -0.2) is 4.79 Å². The lowest BCUT2D eigenvalue weighted by molar-refractivity contribution is -0.154. The van der Waals surface area contributed by atoms with E-state index in [0.717, 1.165) is 24.2 Å². The Morgan fingerprint density at radius 3 is 2.40 bits per heavy atom.